The van der Waals surface area contributed by atoms with Gasteiger partial charge in [-0.15, -0.1) is 11.8 Å². The number of aromatic nitrogens is 2. The van der Waals surface area contributed by atoms with Gasteiger partial charge < -0.3 is 20.6 Å². The number of nitrogens with zero attached hydrogens (tertiary/aromatic N) is 2. The van der Waals surface area contributed by atoms with Crippen LogP contribution in [0.15, 0.2) is 67.0 Å². The highest BCUT2D eigenvalue weighted by Crippen LogP contribution is 2.40. The molecule has 0 radical (unpaired) electrons. The number of aromatic amines is 1. The second kappa shape index (κ2) is 11.8. The van der Waals surface area contributed by atoms with E-state index in [1.807, 2.05) is 75.4 Å². The van der Waals surface area contributed by atoms with Crippen molar-refractivity contribution < 1.29 is 19.5 Å². The monoisotopic (exact) mass is 535 g/mol. The average Bonchev–Trinajstić information content (AvgIpc) is 3.55. The molecule has 1 aromatic heterocycles. The van der Waals surface area contributed by atoms with E-state index < -0.39 is 34.7 Å². The van der Waals surface area contributed by atoms with E-state index in [4.69, 9.17) is 0 Å². The van der Waals surface area contributed by atoms with Gasteiger partial charge in [0.2, 0.25) is 5.91 Å². The number of aliphatic hydroxyl groups is 1. The van der Waals surface area contributed by atoms with Crippen LogP contribution in [0.3, 0.4) is 0 Å². The number of H-pyrrole nitrogens is 1. The highest BCUT2D eigenvalue weighted by molar-refractivity contribution is 8.00. The van der Waals surface area contributed by atoms with Crippen LogP contribution < -0.4 is 10.6 Å². The number of amides is 3. The molecule has 1 aliphatic rings. The molecular weight excluding hydrogens is 502 g/mol. The first-order valence-electron chi connectivity index (χ1n) is 12.5. The minimum atomic E-state index is -1.56. The van der Waals surface area contributed by atoms with Crippen LogP contribution in [0, 0.1) is 6.92 Å². The third-order valence-corrected chi connectivity index (χ3v) is 8.18. The van der Waals surface area contributed by atoms with Gasteiger partial charge in [0.1, 0.15) is 6.04 Å². The number of nitrogens with one attached hydrogen (secondary N) is 3. The summed E-state index contributed by atoms with van der Waals surface area (Å²) in [5.41, 5.74) is 3.19. The molecule has 1 fully saturated rings. The van der Waals surface area contributed by atoms with Crippen molar-refractivity contribution >= 4 is 29.5 Å². The Balaban J connectivity index is 1.52. The summed E-state index contributed by atoms with van der Waals surface area (Å²) in [4.78, 5) is 41.3. The molecule has 0 aliphatic carbocycles. The molecule has 38 heavy (non-hydrogen) atoms. The average molecular weight is 536 g/mol. The summed E-state index contributed by atoms with van der Waals surface area (Å²) in [5, 5.41) is 23.4. The first-order chi connectivity index (χ1) is 18.2. The number of thioether (sulfide) groups is 1. The minimum Gasteiger partial charge on any atom is -0.381 e. The van der Waals surface area contributed by atoms with E-state index in [2.05, 4.69) is 20.8 Å². The predicted octanol–water partition coefficient (Wildman–Crippen LogP) is 2.42. The van der Waals surface area contributed by atoms with E-state index in [0.29, 0.717) is 6.54 Å². The molecule has 3 aromatic rings. The summed E-state index contributed by atoms with van der Waals surface area (Å²) in [6, 6.07) is 15.4. The summed E-state index contributed by atoms with van der Waals surface area (Å²) >= 11 is 1.48. The zero-order valence-corrected chi connectivity index (χ0v) is 22.5. The van der Waals surface area contributed by atoms with Crippen LogP contribution in [0.4, 0.5) is 0 Å². The molecule has 0 bridgehead atoms. The summed E-state index contributed by atoms with van der Waals surface area (Å²) in [6.45, 7) is 6.15. The fourth-order valence-corrected chi connectivity index (χ4v) is 5.72. The smallest absolute Gasteiger partial charge is 0.254 e. The van der Waals surface area contributed by atoms with Crippen LogP contribution in [0.25, 0.3) is 0 Å². The molecule has 1 saturated heterocycles. The van der Waals surface area contributed by atoms with Gasteiger partial charge in [-0.05, 0) is 43.9 Å². The highest BCUT2D eigenvalue weighted by atomic mass is 32.2. The largest absolute Gasteiger partial charge is 0.381 e. The Morgan fingerprint density at radius 3 is 2.55 bits per heavy atom. The fraction of sp³-hybridized carbons (Fsp3) is 0.357. The Labute approximate surface area is 226 Å². The fourth-order valence-electron chi connectivity index (χ4n) is 4.58. The molecule has 2 aromatic carbocycles. The first kappa shape index (κ1) is 27.4. The molecule has 200 valence electrons. The van der Waals surface area contributed by atoms with Gasteiger partial charge in [-0.3, -0.25) is 19.5 Å². The van der Waals surface area contributed by atoms with Crippen molar-refractivity contribution in [3.05, 3.63) is 89.2 Å². The quantitative estimate of drug-likeness (QED) is 0.333. The maximum atomic E-state index is 13.7. The molecule has 9 nitrogen and oxygen atoms in total. The van der Waals surface area contributed by atoms with Crippen molar-refractivity contribution in [1.29, 1.82) is 0 Å². The van der Waals surface area contributed by atoms with Crippen molar-refractivity contribution in [3.8, 4) is 0 Å². The Morgan fingerprint density at radius 2 is 1.87 bits per heavy atom. The minimum absolute atomic E-state index is 0.228. The number of carbonyl (C=O) groups excluding carboxylic acids is 3. The van der Waals surface area contributed by atoms with Crippen molar-refractivity contribution in [1.82, 2.24) is 25.7 Å². The van der Waals surface area contributed by atoms with Gasteiger partial charge in [-0.2, -0.15) is 5.10 Å². The Kier molecular flexibility index (Phi) is 8.53. The summed E-state index contributed by atoms with van der Waals surface area (Å²) in [6.07, 6.45) is 1.48. The number of aliphatic hydroxyl groups excluding tert-OH is 1. The molecule has 0 unspecified atom stereocenters. The number of aryl methyl sites for hydroxylation is 1. The second-order valence-corrected chi connectivity index (χ2v) is 11.5. The number of rotatable bonds is 9. The van der Waals surface area contributed by atoms with Crippen LogP contribution in [-0.2, 0) is 22.6 Å². The molecule has 0 saturated carbocycles. The molecule has 1 aliphatic heterocycles. The lowest BCUT2D eigenvalue weighted by molar-refractivity contribution is -0.147. The SMILES string of the molecule is Cc1ccccc1CNC(=O)[C@H]1N(C(=O)[C@@H](O)[C@H](Cc2ccccc2)NC(=O)c2cn[nH]c2)CSC1(C)C. The molecule has 10 heteroatoms. The molecule has 2 heterocycles. The number of carbonyl (C=O) groups is 3. The van der Waals surface area contributed by atoms with E-state index in [1.165, 1.54) is 29.1 Å². The van der Waals surface area contributed by atoms with Crippen LogP contribution in [0.5, 0.6) is 0 Å². The number of benzene rings is 2. The lowest BCUT2D eigenvalue weighted by atomic mass is 9.97. The van der Waals surface area contributed by atoms with Gasteiger partial charge in [0.25, 0.3) is 11.8 Å². The maximum absolute atomic E-state index is 13.7. The van der Waals surface area contributed by atoms with Crippen molar-refractivity contribution in [2.24, 2.45) is 0 Å². The Morgan fingerprint density at radius 1 is 1.16 bits per heavy atom. The molecule has 3 amide bonds. The van der Waals surface area contributed by atoms with Gasteiger partial charge >= 0.3 is 0 Å². The van der Waals surface area contributed by atoms with E-state index in [1.54, 1.807) is 0 Å². The number of hydrogen-bond acceptors (Lipinski definition) is 6. The third-order valence-electron chi connectivity index (χ3n) is 6.80. The standard InChI is InChI=1S/C28H33N5O4S/c1-18-9-7-8-12-20(18)14-29-26(36)24-28(2,3)38-17-33(24)27(37)23(34)22(13-19-10-5-4-6-11-19)32-25(35)21-15-30-31-16-21/h4-12,15-16,22-24,34H,13-14,17H2,1-3H3,(H,29,36)(H,30,31)(H,32,35)/t22-,23-,24+/m0/s1. The molecule has 4 N–H and O–H groups in total. The second-order valence-electron chi connectivity index (χ2n) is 9.93. The first-order valence-corrected chi connectivity index (χ1v) is 13.4. The van der Waals surface area contributed by atoms with Gasteiger partial charge in [0.15, 0.2) is 6.10 Å². The van der Waals surface area contributed by atoms with Crippen LogP contribution in [-0.4, -0.2) is 66.7 Å². The van der Waals surface area contributed by atoms with Gasteiger partial charge in [-0.1, -0.05) is 54.6 Å². The Bertz CT molecular complexity index is 1270. The van der Waals surface area contributed by atoms with Gasteiger partial charge in [0, 0.05) is 17.5 Å². The zero-order chi connectivity index (χ0) is 27.3. The van der Waals surface area contributed by atoms with Crippen LogP contribution >= 0.6 is 11.8 Å². The zero-order valence-electron chi connectivity index (χ0n) is 21.7. The topological polar surface area (TPSA) is 127 Å². The normalized spacial score (nSPS) is 18.0. The van der Waals surface area contributed by atoms with Crippen LogP contribution in [0.2, 0.25) is 0 Å². The molecule has 0 spiro atoms. The number of hydrogen-bond donors (Lipinski definition) is 4. The highest BCUT2D eigenvalue weighted by Gasteiger charge is 2.49. The summed E-state index contributed by atoms with van der Waals surface area (Å²) in [5.74, 6) is -1.10. The van der Waals surface area contributed by atoms with E-state index in [9.17, 15) is 19.5 Å². The third kappa shape index (κ3) is 6.25. The lowest BCUT2D eigenvalue weighted by Gasteiger charge is -2.33. The summed E-state index contributed by atoms with van der Waals surface area (Å²) < 4.78 is -0.569. The molecule has 4 rings (SSSR count). The van der Waals surface area contributed by atoms with Crippen molar-refractivity contribution in [2.45, 2.75) is 56.7 Å². The molecular formula is C28H33N5O4S. The van der Waals surface area contributed by atoms with E-state index in [-0.39, 0.29) is 23.8 Å². The Hall–Kier alpha value is -3.63. The van der Waals surface area contributed by atoms with E-state index >= 15 is 0 Å². The van der Waals surface area contributed by atoms with Gasteiger partial charge in [-0.25, -0.2) is 0 Å². The lowest BCUT2D eigenvalue weighted by Crippen LogP contribution is -2.58. The van der Waals surface area contributed by atoms with Crippen molar-refractivity contribution in [3.63, 3.8) is 0 Å². The maximum Gasteiger partial charge on any atom is 0.254 e. The van der Waals surface area contributed by atoms with Crippen molar-refractivity contribution in [2.75, 3.05) is 5.88 Å². The summed E-state index contributed by atoms with van der Waals surface area (Å²) in [7, 11) is 0. The van der Waals surface area contributed by atoms with E-state index in [0.717, 1.165) is 16.7 Å². The molecule has 3 atom stereocenters. The van der Waals surface area contributed by atoms with Gasteiger partial charge in [0.05, 0.1) is 23.7 Å². The van der Waals surface area contributed by atoms with Crippen LogP contribution in [0.1, 0.15) is 40.9 Å². The predicted molar refractivity (Wildman–Crippen MR) is 146 cm³/mol.